The molecule has 0 saturated heterocycles. The summed E-state index contributed by atoms with van der Waals surface area (Å²) < 4.78 is 19.6. The van der Waals surface area contributed by atoms with E-state index < -0.39 is 29.4 Å². The predicted octanol–water partition coefficient (Wildman–Crippen LogP) is 1.05. The Morgan fingerprint density at radius 2 is 2.15 bits per heavy atom. The third-order valence-electron chi connectivity index (χ3n) is 3.98. The van der Waals surface area contributed by atoms with Crippen LogP contribution in [-0.4, -0.2) is 34.2 Å². The Labute approximate surface area is 147 Å². The molecule has 9 heteroatoms. The number of ether oxygens (including phenoxy) is 1. The molecule has 0 saturated carbocycles. The summed E-state index contributed by atoms with van der Waals surface area (Å²) in [4.78, 5) is 40.7. The van der Waals surface area contributed by atoms with E-state index in [1.807, 2.05) is 0 Å². The first-order valence-corrected chi connectivity index (χ1v) is 8.03. The first-order valence-electron chi connectivity index (χ1n) is 8.03. The largest absolute Gasteiger partial charge is 0.463 e. The lowest BCUT2D eigenvalue weighted by Crippen LogP contribution is -2.50. The second-order valence-corrected chi connectivity index (χ2v) is 5.77. The molecule has 1 aromatic carbocycles. The molecule has 1 aliphatic rings. The van der Waals surface area contributed by atoms with Crippen LogP contribution in [0.15, 0.2) is 40.6 Å². The van der Waals surface area contributed by atoms with Crippen LogP contribution in [0.1, 0.15) is 13.8 Å². The van der Waals surface area contributed by atoms with Crippen molar-refractivity contribution in [2.24, 2.45) is 0 Å². The van der Waals surface area contributed by atoms with Gasteiger partial charge in [0.15, 0.2) is 0 Å². The van der Waals surface area contributed by atoms with Crippen LogP contribution in [-0.2, 0) is 16.1 Å². The van der Waals surface area contributed by atoms with Crippen molar-refractivity contribution in [3.63, 3.8) is 0 Å². The van der Waals surface area contributed by atoms with Crippen molar-refractivity contribution in [1.29, 1.82) is 0 Å². The predicted molar refractivity (Wildman–Crippen MR) is 90.7 cm³/mol. The van der Waals surface area contributed by atoms with Crippen LogP contribution in [0, 0.1) is 5.82 Å². The van der Waals surface area contributed by atoms with Crippen LogP contribution >= 0.6 is 0 Å². The number of urea groups is 1. The van der Waals surface area contributed by atoms with Crippen molar-refractivity contribution in [3.05, 3.63) is 52.0 Å². The second kappa shape index (κ2) is 6.95. The maximum Gasteiger partial charge on any atom is 0.337 e. The third kappa shape index (κ3) is 3.28. The Balaban J connectivity index is 2.05. The molecule has 0 radical (unpaired) electrons. The van der Waals surface area contributed by atoms with Crippen LogP contribution in [0.5, 0.6) is 0 Å². The Morgan fingerprint density at radius 1 is 1.38 bits per heavy atom. The summed E-state index contributed by atoms with van der Waals surface area (Å²) in [6.45, 7) is 3.42. The number of carbonyl (C=O) groups excluding carboxylic acids is 2. The molecule has 1 aromatic heterocycles. The number of nitrogens with one attached hydrogen (secondary N) is 2. The number of aromatic nitrogens is 2. The minimum Gasteiger partial charge on any atom is -0.463 e. The Bertz CT molecular complexity index is 982. The van der Waals surface area contributed by atoms with Crippen molar-refractivity contribution < 1.29 is 18.7 Å². The fourth-order valence-corrected chi connectivity index (χ4v) is 2.82. The van der Waals surface area contributed by atoms with Crippen molar-refractivity contribution >= 4 is 22.9 Å². The van der Waals surface area contributed by atoms with E-state index in [1.165, 1.54) is 29.1 Å². The molecule has 2 heterocycles. The van der Waals surface area contributed by atoms with E-state index in [2.05, 4.69) is 15.6 Å². The Morgan fingerprint density at radius 3 is 2.88 bits per heavy atom. The summed E-state index contributed by atoms with van der Waals surface area (Å²) in [5.41, 5.74) is 0.308. The van der Waals surface area contributed by atoms with Crippen molar-refractivity contribution in [1.82, 2.24) is 20.2 Å². The van der Waals surface area contributed by atoms with Gasteiger partial charge < -0.3 is 15.4 Å². The molecule has 3 rings (SSSR count). The summed E-state index contributed by atoms with van der Waals surface area (Å²) >= 11 is 0. The summed E-state index contributed by atoms with van der Waals surface area (Å²) in [5, 5.41) is 5.37. The fourth-order valence-electron chi connectivity index (χ4n) is 2.82. The number of halogens is 1. The van der Waals surface area contributed by atoms with Gasteiger partial charge in [0.1, 0.15) is 5.82 Å². The number of hydrogen-bond donors (Lipinski definition) is 2. The van der Waals surface area contributed by atoms with Crippen LogP contribution in [0.3, 0.4) is 0 Å². The van der Waals surface area contributed by atoms with Gasteiger partial charge in [0.2, 0.25) is 0 Å². The molecule has 1 aliphatic heterocycles. The van der Waals surface area contributed by atoms with E-state index in [4.69, 9.17) is 4.74 Å². The minimum atomic E-state index is -0.577. The summed E-state index contributed by atoms with van der Waals surface area (Å²) in [6, 6.07) is 2.63. The highest BCUT2D eigenvalue weighted by molar-refractivity contribution is 5.94. The highest BCUT2D eigenvalue weighted by Gasteiger charge is 2.30. The number of nitrogens with zero attached hydrogens (tertiary/aromatic N) is 2. The van der Waals surface area contributed by atoms with Crippen molar-refractivity contribution in [2.75, 3.05) is 6.61 Å². The zero-order valence-electron chi connectivity index (χ0n) is 14.2. The molecule has 8 nitrogen and oxygen atoms in total. The molecule has 26 heavy (non-hydrogen) atoms. The number of allylic oxidation sites excluding steroid dienone is 1. The number of benzene rings is 1. The van der Waals surface area contributed by atoms with E-state index in [9.17, 15) is 18.8 Å². The van der Waals surface area contributed by atoms with E-state index in [-0.39, 0.29) is 35.3 Å². The summed E-state index contributed by atoms with van der Waals surface area (Å²) in [7, 11) is 0. The van der Waals surface area contributed by atoms with Gasteiger partial charge in [-0.1, -0.05) is 0 Å². The molecule has 0 fully saturated rings. The van der Waals surface area contributed by atoms with E-state index >= 15 is 0 Å². The number of rotatable bonds is 4. The normalized spacial score (nSPS) is 17.0. The molecule has 1 atom stereocenters. The molecule has 0 spiro atoms. The number of fused-ring (bicyclic) bond motifs is 1. The van der Waals surface area contributed by atoms with Gasteiger partial charge in [0.25, 0.3) is 5.56 Å². The number of hydrogen-bond acceptors (Lipinski definition) is 5. The third-order valence-corrected chi connectivity index (χ3v) is 3.98. The van der Waals surface area contributed by atoms with Crippen LogP contribution < -0.4 is 16.2 Å². The van der Waals surface area contributed by atoms with Gasteiger partial charge in [0, 0.05) is 6.07 Å². The smallest absolute Gasteiger partial charge is 0.337 e. The number of esters is 1. The van der Waals surface area contributed by atoms with Crippen LogP contribution in [0.25, 0.3) is 10.9 Å². The number of amides is 2. The topological polar surface area (TPSA) is 102 Å². The fraction of sp³-hybridized carbons (Fsp3) is 0.294. The Hall–Kier alpha value is -3.23. The molecule has 136 valence electrons. The minimum absolute atomic E-state index is 0.0783. The lowest BCUT2D eigenvalue weighted by atomic mass is 10.0. The van der Waals surface area contributed by atoms with Gasteiger partial charge in [-0.2, -0.15) is 0 Å². The van der Waals surface area contributed by atoms with Crippen LogP contribution in [0.4, 0.5) is 9.18 Å². The van der Waals surface area contributed by atoms with Gasteiger partial charge in [-0.15, -0.1) is 0 Å². The highest BCUT2D eigenvalue weighted by atomic mass is 19.1. The van der Waals surface area contributed by atoms with E-state index in [0.717, 1.165) is 0 Å². The molecule has 1 unspecified atom stereocenters. The van der Waals surface area contributed by atoms with Gasteiger partial charge >= 0.3 is 12.0 Å². The molecule has 2 amide bonds. The van der Waals surface area contributed by atoms with Crippen molar-refractivity contribution in [3.8, 4) is 0 Å². The molecule has 2 aromatic rings. The average Bonchev–Trinajstić information content (AvgIpc) is 2.57. The quantitative estimate of drug-likeness (QED) is 0.794. The molecule has 0 bridgehead atoms. The molecule has 0 aliphatic carbocycles. The second-order valence-electron chi connectivity index (χ2n) is 5.77. The van der Waals surface area contributed by atoms with Gasteiger partial charge in [-0.25, -0.2) is 19.0 Å². The first-order chi connectivity index (χ1) is 12.4. The van der Waals surface area contributed by atoms with Gasteiger partial charge in [0.05, 0.1) is 47.7 Å². The van der Waals surface area contributed by atoms with E-state index in [1.54, 1.807) is 13.8 Å². The molecular formula is C17H17FN4O4. The SMILES string of the molecule is CCOC(=O)C1=C(Cn2cnc3cc(F)ccc3c2=O)NC(=O)NC1C. The first kappa shape index (κ1) is 17.6. The zero-order chi connectivity index (χ0) is 18.8. The lowest BCUT2D eigenvalue weighted by Gasteiger charge is -2.26. The summed E-state index contributed by atoms with van der Waals surface area (Å²) in [6.07, 6.45) is 1.25. The molecular weight excluding hydrogens is 343 g/mol. The van der Waals surface area contributed by atoms with Crippen molar-refractivity contribution in [2.45, 2.75) is 26.4 Å². The monoisotopic (exact) mass is 360 g/mol. The molecule has 2 N–H and O–H groups in total. The average molecular weight is 360 g/mol. The maximum absolute atomic E-state index is 13.3. The van der Waals surface area contributed by atoms with E-state index in [0.29, 0.717) is 0 Å². The Kier molecular flexibility index (Phi) is 4.70. The zero-order valence-corrected chi connectivity index (χ0v) is 14.2. The van der Waals surface area contributed by atoms with Gasteiger partial charge in [-0.05, 0) is 26.0 Å². The number of carbonyl (C=O) groups is 2. The lowest BCUT2D eigenvalue weighted by molar-refractivity contribution is -0.139. The standard InChI is InChI=1S/C17H17FN4O4/c1-3-26-16(24)14-9(2)20-17(25)21-13(14)7-22-8-19-12-6-10(18)4-5-11(12)15(22)23/h4-6,8-9H,3,7H2,1-2H3,(H2,20,21,25). The maximum atomic E-state index is 13.3. The van der Waals surface area contributed by atoms with Gasteiger partial charge in [-0.3, -0.25) is 9.36 Å². The summed E-state index contributed by atoms with van der Waals surface area (Å²) in [5.74, 6) is -1.07. The highest BCUT2D eigenvalue weighted by Crippen LogP contribution is 2.16. The van der Waals surface area contributed by atoms with Crippen LogP contribution in [0.2, 0.25) is 0 Å².